The van der Waals surface area contributed by atoms with Crippen LogP contribution in [0, 0.1) is 0 Å². The molecular formula is C14H11BrN2O4. The number of halogens is 1. The molecule has 1 aromatic carbocycles. The molecule has 0 aliphatic rings. The molecule has 0 saturated carbocycles. The van der Waals surface area contributed by atoms with Crippen molar-refractivity contribution in [3.05, 3.63) is 52.3 Å². The molecule has 0 atom stereocenters. The molecule has 0 bridgehead atoms. The summed E-state index contributed by atoms with van der Waals surface area (Å²) in [4.78, 5) is 27.3. The van der Waals surface area contributed by atoms with Crippen LogP contribution in [0.3, 0.4) is 0 Å². The van der Waals surface area contributed by atoms with Gasteiger partial charge in [0, 0.05) is 0 Å². The summed E-state index contributed by atoms with van der Waals surface area (Å²) >= 11 is 3.17. The van der Waals surface area contributed by atoms with Crippen LogP contribution in [-0.2, 0) is 0 Å². The highest BCUT2D eigenvalue weighted by Crippen LogP contribution is 2.22. The Kier molecular flexibility index (Phi) is 4.54. The van der Waals surface area contributed by atoms with Crippen molar-refractivity contribution < 1.29 is 19.4 Å². The van der Waals surface area contributed by atoms with Crippen LogP contribution in [0.25, 0.3) is 0 Å². The smallest absolute Gasteiger partial charge is 0.337 e. The fourth-order valence-electron chi connectivity index (χ4n) is 1.66. The van der Waals surface area contributed by atoms with Gasteiger partial charge in [0.1, 0.15) is 16.0 Å². The molecule has 0 fully saturated rings. The standard InChI is InChI=1S/C14H11BrN2O4/c1-21-8-5-6-10(9(7-8)14(19)20)17-13(18)11-3-2-4-12(15)16-11/h2-7H,1H3,(H,17,18)(H,19,20). The molecule has 0 aliphatic heterocycles. The minimum Gasteiger partial charge on any atom is -0.497 e. The fourth-order valence-corrected chi connectivity index (χ4v) is 2.00. The predicted octanol–water partition coefficient (Wildman–Crippen LogP) is 2.80. The number of pyridine rings is 1. The van der Waals surface area contributed by atoms with Crippen LogP contribution in [0.1, 0.15) is 20.8 Å². The number of aromatic nitrogens is 1. The van der Waals surface area contributed by atoms with E-state index in [4.69, 9.17) is 4.74 Å². The molecule has 0 saturated heterocycles. The lowest BCUT2D eigenvalue weighted by atomic mass is 10.1. The maximum absolute atomic E-state index is 12.1. The van der Waals surface area contributed by atoms with Crippen LogP contribution in [0.15, 0.2) is 41.0 Å². The van der Waals surface area contributed by atoms with Crippen molar-refractivity contribution in [2.24, 2.45) is 0 Å². The fraction of sp³-hybridized carbons (Fsp3) is 0.0714. The summed E-state index contributed by atoms with van der Waals surface area (Å²) in [5, 5.41) is 11.7. The average Bonchev–Trinajstić information content (AvgIpc) is 2.47. The number of aromatic carboxylic acids is 1. The molecule has 108 valence electrons. The number of anilines is 1. The molecule has 0 aliphatic carbocycles. The second kappa shape index (κ2) is 6.36. The monoisotopic (exact) mass is 350 g/mol. The first-order chi connectivity index (χ1) is 10.0. The molecular weight excluding hydrogens is 340 g/mol. The van der Waals surface area contributed by atoms with Crippen LogP contribution in [0.4, 0.5) is 5.69 Å². The number of carbonyl (C=O) groups excluding carboxylic acids is 1. The first-order valence-electron chi connectivity index (χ1n) is 5.86. The lowest BCUT2D eigenvalue weighted by Crippen LogP contribution is -2.16. The van der Waals surface area contributed by atoms with Gasteiger partial charge in [-0.2, -0.15) is 0 Å². The Hall–Kier alpha value is -2.41. The van der Waals surface area contributed by atoms with Gasteiger partial charge in [-0.15, -0.1) is 0 Å². The highest BCUT2D eigenvalue weighted by Gasteiger charge is 2.15. The van der Waals surface area contributed by atoms with Gasteiger partial charge >= 0.3 is 5.97 Å². The van der Waals surface area contributed by atoms with Crippen molar-refractivity contribution in [3.8, 4) is 5.75 Å². The first-order valence-corrected chi connectivity index (χ1v) is 6.66. The molecule has 0 radical (unpaired) electrons. The Balaban J connectivity index is 2.31. The van der Waals surface area contributed by atoms with Crippen molar-refractivity contribution >= 4 is 33.5 Å². The highest BCUT2D eigenvalue weighted by atomic mass is 79.9. The summed E-state index contributed by atoms with van der Waals surface area (Å²) in [6, 6.07) is 9.26. The number of hydrogen-bond acceptors (Lipinski definition) is 4. The van der Waals surface area contributed by atoms with Gasteiger partial charge in [-0.3, -0.25) is 4.79 Å². The van der Waals surface area contributed by atoms with Crippen molar-refractivity contribution in [1.29, 1.82) is 0 Å². The maximum Gasteiger partial charge on any atom is 0.337 e. The zero-order valence-electron chi connectivity index (χ0n) is 11.0. The van der Waals surface area contributed by atoms with Crippen molar-refractivity contribution in [2.45, 2.75) is 0 Å². The number of rotatable bonds is 4. The van der Waals surface area contributed by atoms with Crippen LogP contribution < -0.4 is 10.1 Å². The molecule has 0 unspecified atom stereocenters. The van der Waals surface area contributed by atoms with Gasteiger partial charge in [0.25, 0.3) is 5.91 Å². The van der Waals surface area contributed by atoms with E-state index in [1.807, 2.05) is 0 Å². The first kappa shape index (κ1) is 15.0. The molecule has 1 aromatic heterocycles. The summed E-state index contributed by atoms with van der Waals surface area (Å²) in [6.45, 7) is 0. The van der Waals surface area contributed by atoms with Crippen LogP contribution in [0.2, 0.25) is 0 Å². The van der Waals surface area contributed by atoms with Gasteiger partial charge < -0.3 is 15.2 Å². The van der Waals surface area contributed by atoms with Gasteiger partial charge in [-0.05, 0) is 46.3 Å². The zero-order valence-corrected chi connectivity index (χ0v) is 12.5. The van der Waals surface area contributed by atoms with Crippen LogP contribution in [-0.4, -0.2) is 29.1 Å². The molecule has 1 amide bonds. The number of methoxy groups -OCH3 is 1. The molecule has 2 rings (SSSR count). The minimum atomic E-state index is -1.16. The van der Waals surface area contributed by atoms with Gasteiger partial charge in [0.05, 0.1) is 18.4 Å². The van der Waals surface area contributed by atoms with E-state index in [1.165, 1.54) is 25.3 Å². The van der Waals surface area contributed by atoms with Crippen LogP contribution >= 0.6 is 15.9 Å². The van der Waals surface area contributed by atoms with E-state index < -0.39 is 11.9 Å². The Labute approximate surface area is 128 Å². The second-order valence-corrected chi connectivity index (χ2v) is 4.83. The summed E-state index contributed by atoms with van der Waals surface area (Å²) in [5.74, 6) is -1.26. The topological polar surface area (TPSA) is 88.5 Å². The van der Waals surface area contributed by atoms with Crippen molar-refractivity contribution in [2.75, 3.05) is 12.4 Å². The largest absolute Gasteiger partial charge is 0.497 e. The summed E-state index contributed by atoms with van der Waals surface area (Å²) in [6.07, 6.45) is 0. The van der Waals surface area contributed by atoms with E-state index >= 15 is 0 Å². The number of carboxylic acid groups (broad SMARTS) is 1. The Morgan fingerprint density at radius 3 is 2.67 bits per heavy atom. The molecule has 0 spiro atoms. The number of hydrogen-bond donors (Lipinski definition) is 2. The third kappa shape index (κ3) is 3.57. The lowest BCUT2D eigenvalue weighted by Gasteiger charge is -2.10. The minimum absolute atomic E-state index is 0.0577. The molecule has 21 heavy (non-hydrogen) atoms. The maximum atomic E-state index is 12.1. The molecule has 6 nitrogen and oxygen atoms in total. The number of nitrogens with zero attached hydrogens (tertiary/aromatic N) is 1. The van der Waals surface area contributed by atoms with Gasteiger partial charge in [-0.1, -0.05) is 6.07 Å². The quantitative estimate of drug-likeness (QED) is 0.827. The lowest BCUT2D eigenvalue weighted by molar-refractivity contribution is 0.0697. The number of nitrogens with one attached hydrogen (secondary N) is 1. The average molecular weight is 351 g/mol. The van der Waals surface area contributed by atoms with Gasteiger partial charge in [0.2, 0.25) is 0 Å². The number of amides is 1. The van der Waals surface area contributed by atoms with Gasteiger partial charge in [-0.25, -0.2) is 9.78 Å². The second-order valence-electron chi connectivity index (χ2n) is 4.02. The Morgan fingerprint density at radius 1 is 1.29 bits per heavy atom. The van der Waals surface area contributed by atoms with E-state index in [9.17, 15) is 14.7 Å². The molecule has 7 heteroatoms. The van der Waals surface area contributed by atoms with Gasteiger partial charge in [0.15, 0.2) is 0 Å². The SMILES string of the molecule is COc1ccc(NC(=O)c2cccc(Br)n2)c(C(=O)O)c1. The number of carbonyl (C=O) groups is 2. The number of carboxylic acids is 1. The van der Waals surface area contributed by atoms with E-state index in [0.717, 1.165) is 0 Å². The van der Waals surface area contributed by atoms with Crippen molar-refractivity contribution in [1.82, 2.24) is 4.98 Å². The van der Waals surface area contributed by atoms with E-state index in [0.29, 0.717) is 10.4 Å². The zero-order chi connectivity index (χ0) is 15.4. The summed E-state index contributed by atoms with van der Waals surface area (Å²) < 4.78 is 5.49. The number of ether oxygens (including phenoxy) is 1. The third-order valence-electron chi connectivity index (χ3n) is 2.65. The summed E-state index contributed by atoms with van der Waals surface area (Å²) in [7, 11) is 1.44. The normalized spacial score (nSPS) is 10.0. The third-order valence-corrected chi connectivity index (χ3v) is 3.09. The highest BCUT2D eigenvalue weighted by molar-refractivity contribution is 9.10. The number of benzene rings is 1. The Morgan fingerprint density at radius 2 is 2.05 bits per heavy atom. The van der Waals surface area contributed by atoms with E-state index in [1.54, 1.807) is 18.2 Å². The predicted molar refractivity (Wildman–Crippen MR) is 79.8 cm³/mol. The molecule has 1 heterocycles. The molecule has 2 N–H and O–H groups in total. The van der Waals surface area contributed by atoms with E-state index in [2.05, 4.69) is 26.2 Å². The van der Waals surface area contributed by atoms with Crippen molar-refractivity contribution in [3.63, 3.8) is 0 Å². The van der Waals surface area contributed by atoms with E-state index in [-0.39, 0.29) is 16.9 Å². The summed E-state index contributed by atoms with van der Waals surface area (Å²) in [5.41, 5.74) is 0.296. The van der Waals surface area contributed by atoms with Crippen LogP contribution in [0.5, 0.6) is 5.75 Å². The Bertz CT molecular complexity index is 703. The molecule has 2 aromatic rings.